The van der Waals surface area contributed by atoms with Gasteiger partial charge in [0, 0.05) is 56.7 Å². The van der Waals surface area contributed by atoms with E-state index in [9.17, 15) is 0 Å². The van der Waals surface area contributed by atoms with E-state index in [-0.39, 0.29) is 0 Å². The van der Waals surface area contributed by atoms with Crippen molar-refractivity contribution in [3.05, 3.63) is 30.3 Å². The molecule has 7 nitrogen and oxygen atoms in total. The molecule has 0 aliphatic carbocycles. The maximum atomic E-state index is 5.43. The van der Waals surface area contributed by atoms with Crippen molar-refractivity contribution in [3.63, 3.8) is 0 Å². The Morgan fingerprint density at radius 3 is 2.44 bits per heavy atom. The van der Waals surface area contributed by atoms with E-state index in [0.717, 1.165) is 75.0 Å². The first-order chi connectivity index (χ1) is 13.3. The van der Waals surface area contributed by atoms with Crippen molar-refractivity contribution in [1.29, 1.82) is 0 Å². The number of hydrogen-bond donors (Lipinski definition) is 2. The van der Waals surface area contributed by atoms with E-state index in [2.05, 4.69) is 54.7 Å². The van der Waals surface area contributed by atoms with Crippen molar-refractivity contribution in [2.75, 3.05) is 73.9 Å². The fourth-order valence-electron chi connectivity index (χ4n) is 3.35. The Bertz CT molecular complexity index is 744. The molecule has 0 saturated carbocycles. The van der Waals surface area contributed by atoms with Gasteiger partial charge in [0.15, 0.2) is 5.16 Å². The van der Waals surface area contributed by atoms with Crippen LogP contribution in [0.4, 0.5) is 23.0 Å². The van der Waals surface area contributed by atoms with Gasteiger partial charge in [-0.1, -0.05) is 11.8 Å². The quantitative estimate of drug-likeness (QED) is 0.599. The molecule has 0 spiro atoms. The van der Waals surface area contributed by atoms with E-state index in [4.69, 9.17) is 4.74 Å². The molecule has 4 rings (SSSR count). The number of piperazine rings is 1. The first-order valence-corrected chi connectivity index (χ1v) is 10.6. The monoisotopic (exact) mass is 386 g/mol. The third-order valence-corrected chi connectivity index (χ3v) is 5.38. The van der Waals surface area contributed by atoms with Crippen LogP contribution in [0.5, 0.6) is 0 Å². The largest absolute Gasteiger partial charge is 0.378 e. The third kappa shape index (κ3) is 4.63. The first-order valence-electron chi connectivity index (χ1n) is 9.40. The summed E-state index contributed by atoms with van der Waals surface area (Å²) in [5.74, 6) is 1.82. The summed E-state index contributed by atoms with van der Waals surface area (Å²) in [6, 6.07) is 10.6. The van der Waals surface area contributed by atoms with Crippen molar-refractivity contribution in [2.24, 2.45) is 0 Å². The van der Waals surface area contributed by atoms with Crippen LogP contribution in [0.15, 0.2) is 35.5 Å². The van der Waals surface area contributed by atoms with E-state index in [1.165, 1.54) is 5.69 Å². The zero-order valence-electron chi connectivity index (χ0n) is 15.6. The van der Waals surface area contributed by atoms with Crippen LogP contribution in [0.25, 0.3) is 0 Å². The normalized spacial score (nSPS) is 17.8. The Morgan fingerprint density at radius 2 is 1.74 bits per heavy atom. The summed E-state index contributed by atoms with van der Waals surface area (Å²) >= 11 is 1.57. The minimum atomic E-state index is 0.790. The van der Waals surface area contributed by atoms with Gasteiger partial charge in [-0.15, -0.1) is 0 Å². The molecule has 0 unspecified atom stereocenters. The van der Waals surface area contributed by atoms with Gasteiger partial charge in [-0.05, 0) is 30.5 Å². The number of ether oxygens (including phenoxy) is 1. The molecule has 2 saturated heterocycles. The zero-order chi connectivity index (χ0) is 18.5. The number of anilines is 4. The Labute approximate surface area is 164 Å². The lowest BCUT2D eigenvalue weighted by Gasteiger charge is -2.29. The zero-order valence-corrected chi connectivity index (χ0v) is 16.5. The molecule has 3 heterocycles. The van der Waals surface area contributed by atoms with Crippen molar-refractivity contribution in [2.45, 2.75) is 5.16 Å². The molecule has 2 aromatic rings. The molecule has 0 atom stereocenters. The van der Waals surface area contributed by atoms with Crippen LogP contribution in [0, 0.1) is 0 Å². The van der Waals surface area contributed by atoms with Crippen molar-refractivity contribution in [1.82, 2.24) is 15.3 Å². The Hall–Kier alpha value is -2.03. The molecular weight excluding hydrogens is 360 g/mol. The number of thioether (sulfide) groups is 1. The van der Waals surface area contributed by atoms with Gasteiger partial charge < -0.3 is 25.2 Å². The van der Waals surface area contributed by atoms with Crippen LogP contribution in [0.1, 0.15) is 0 Å². The van der Waals surface area contributed by atoms with Gasteiger partial charge in [-0.2, -0.15) is 0 Å². The van der Waals surface area contributed by atoms with Crippen molar-refractivity contribution >= 4 is 34.8 Å². The fourth-order valence-corrected chi connectivity index (χ4v) is 3.72. The molecule has 144 valence electrons. The van der Waals surface area contributed by atoms with Crippen LogP contribution >= 0.6 is 11.8 Å². The molecule has 1 aromatic carbocycles. The van der Waals surface area contributed by atoms with Crippen molar-refractivity contribution < 1.29 is 4.74 Å². The number of nitrogens with one attached hydrogen (secondary N) is 2. The lowest BCUT2D eigenvalue weighted by molar-refractivity contribution is 0.122. The summed E-state index contributed by atoms with van der Waals surface area (Å²) < 4.78 is 5.43. The van der Waals surface area contributed by atoms with Gasteiger partial charge in [0.1, 0.15) is 11.6 Å². The van der Waals surface area contributed by atoms with E-state index in [0.29, 0.717) is 0 Å². The Morgan fingerprint density at radius 1 is 1.00 bits per heavy atom. The highest BCUT2D eigenvalue weighted by molar-refractivity contribution is 7.98. The highest BCUT2D eigenvalue weighted by atomic mass is 32.2. The average Bonchev–Trinajstić information content (AvgIpc) is 2.75. The molecule has 2 fully saturated rings. The van der Waals surface area contributed by atoms with Gasteiger partial charge >= 0.3 is 0 Å². The third-order valence-electron chi connectivity index (χ3n) is 4.83. The predicted octanol–water partition coefficient (Wildman–Crippen LogP) is 2.19. The van der Waals surface area contributed by atoms with Crippen LogP contribution < -0.4 is 20.4 Å². The number of morpholine rings is 1. The molecule has 0 bridgehead atoms. The lowest BCUT2D eigenvalue weighted by atomic mass is 10.2. The molecule has 2 N–H and O–H groups in total. The van der Waals surface area contributed by atoms with Crippen LogP contribution in [0.2, 0.25) is 0 Å². The second kappa shape index (κ2) is 8.77. The standard InChI is InChI=1S/C19H26N6OS/c1-27-19-22-17(14-18(23-19)25-8-6-20-7-9-25)21-15-2-4-16(5-3-15)24-10-12-26-13-11-24/h2-5,14,20H,6-13H2,1H3,(H,21,22,23). The lowest BCUT2D eigenvalue weighted by Crippen LogP contribution is -2.44. The maximum Gasteiger partial charge on any atom is 0.191 e. The van der Waals surface area contributed by atoms with Gasteiger partial charge in [0.25, 0.3) is 0 Å². The maximum absolute atomic E-state index is 5.43. The van der Waals surface area contributed by atoms with Crippen LogP contribution in [0.3, 0.4) is 0 Å². The Balaban J connectivity index is 1.49. The molecule has 27 heavy (non-hydrogen) atoms. The predicted molar refractivity (Wildman–Crippen MR) is 112 cm³/mol. The fraction of sp³-hybridized carbons (Fsp3) is 0.474. The minimum Gasteiger partial charge on any atom is -0.378 e. The van der Waals surface area contributed by atoms with Gasteiger partial charge in [-0.25, -0.2) is 9.97 Å². The topological polar surface area (TPSA) is 65.6 Å². The number of benzene rings is 1. The SMILES string of the molecule is CSc1nc(Nc2ccc(N3CCOCC3)cc2)cc(N2CCNCC2)n1. The number of hydrogen-bond acceptors (Lipinski definition) is 8. The molecule has 0 amide bonds. The number of rotatable bonds is 5. The first kappa shape index (κ1) is 18.3. The summed E-state index contributed by atoms with van der Waals surface area (Å²) in [4.78, 5) is 14.0. The second-order valence-corrected chi connectivity index (χ2v) is 7.38. The van der Waals surface area contributed by atoms with Gasteiger partial charge in [0.05, 0.1) is 13.2 Å². The smallest absolute Gasteiger partial charge is 0.191 e. The average molecular weight is 387 g/mol. The van der Waals surface area contributed by atoms with E-state index in [1.54, 1.807) is 11.8 Å². The van der Waals surface area contributed by atoms with Crippen LogP contribution in [-0.2, 0) is 4.74 Å². The summed E-state index contributed by atoms with van der Waals surface area (Å²) in [7, 11) is 0. The van der Waals surface area contributed by atoms with Gasteiger partial charge in [0.2, 0.25) is 0 Å². The van der Waals surface area contributed by atoms with Gasteiger partial charge in [-0.3, -0.25) is 0 Å². The summed E-state index contributed by atoms with van der Waals surface area (Å²) in [5, 5.41) is 7.61. The van der Waals surface area contributed by atoms with Crippen LogP contribution in [-0.4, -0.2) is 68.7 Å². The number of nitrogens with zero attached hydrogens (tertiary/aromatic N) is 4. The molecule has 2 aliphatic rings. The van der Waals surface area contributed by atoms with E-state index in [1.807, 2.05) is 12.3 Å². The van der Waals surface area contributed by atoms with E-state index < -0.39 is 0 Å². The van der Waals surface area contributed by atoms with E-state index >= 15 is 0 Å². The summed E-state index contributed by atoms with van der Waals surface area (Å²) in [6.45, 7) is 7.42. The van der Waals surface area contributed by atoms with Crippen molar-refractivity contribution in [3.8, 4) is 0 Å². The molecule has 0 radical (unpaired) electrons. The minimum absolute atomic E-state index is 0.790. The number of aromatic nitrogens is 2. The molecule has 1 aromatic heterocycles. The summed E-state index contributed by atoms with van der Waals surface area (Å²) in [6.07, 6.45) is 2.01. The second-order valence-electron chi connectivity index (χ2n) is 6.61. The molecule has 2 aliphatic heterocycles. The Kier molecular flexibility index (Phi) is 5.96. The highest BCUT2D eigenvalue weighted by Gasteiger charge is 2.15. The molecular formula is C19H26N6OS. The highest BCUT2D eigenvalue weighted by Crippen LogP contribution is 2.25. The summed E-state index contributed by atoms with van der Waals surface area (Å²) in [5.41, 5.74) is 2.27. The molecule has 8 heteroatoms.